The molecule has 2 rings (SSSR count). The monoisotopic (exact) mass is 229 g/mol. The molecule has 0 spiro atoms. The van der Waals surface area contributed by atoms with Crippen molar-refractivity contribution in [1.82, 2.24) is 4.98 Å². The molecule has 1 aromatic heterocycles. The predicted octanol–water partition coefficient (Wildman–Crippen LogP) is 1.69. The molecule has 1 aromatic carbocycles. The molecule has 0 amide bonds. The van der Waals surface area contributed by atoms with Crippen molar-refractivity contribution >= 4 is 23.2 Å². The van der Waals surface area contributed by atoms with Gasteiger partial charge in [-0.05, 0) is 12.1 Å². The van der Waals surface area contributed by atoms with Gasteiger partial charge in [0.05, 0.1) is 18.3 Å². The van der Waals surface area contributed by atoms with Crippen LogP contribution in [0.15, 0.2) is 36.4 Å². The van der Waals surface area contributed by atoms with Crippen LogP contribution in [0.2, 0.25) is 0 Å². The van der Waals surface area contributed by atoms with Crippen molar-refractivity contribution in [3.05, 3.63) is 42.1 Å². The van der Waals surface area contributed by atoms with Crippen molar-refractivity contribution in [3.8, 4) is 0 Å². The van der Waals surface area contributed by atoms with Crippen LogP contribution in [0.5, 0.6) is 0 Å². The number of para-hydroxylation sites is 1. The Balaban J connectivity index is 2.47. The molecule has 0 aliphatic carbocycles. The lowest BCUT2D eigenvalue weighted by Crippen LogP contribution is -2.16. The fourth-order valence-electron chi connectivity index (χ4n) is 1.63. The number of aromatic nitrogens is 1. The summed E-state index contributed by atoms with van der Waals surface area (Å²) in [6.07, 6.45) is 0.545. The molecule has 1 atom stereocenters. The van der Waals surface area contributed by atoms with Crippen LogP contribution in [0.3, 0.4) is 0 Å². The third kappa shape index (κ3) is 2.15. The minimum absolute atomic E-state index is 0.408. The number of aldehydes is 1. The first-order valence-electron chi connectivity index (χ1n) is 5.15. The van der Waals surface area contributed by atoms with Crippen LogP contribution in [0.1, 0.15) is 11.6 Å². The molecule has 0 saturated carbocycles. The molecule has 4 heteroatoms. The van der Waals surface area contributed by atoms with Gasteiger partial charge in [-0.3, -0.25) is 9.78 Å². The standard InChI is InChI=1S/C13H11NO3/c1-17-13(16)10(8-15)12-7-6-9-4-2-3-5-11(9)14-12/h2-8,10H,1H3. The molecule has 0 bridgehead atoms. The fourth-order valence-corrected chi connectivity index (χ4v) is 1.63. The molecule has 1 unspecified atom stereocenters. The quantitative estimate of drug-likeness (QED) is 0.456. The molecular formula is C13H11NO3. The number of hydrogen-bond donors (Lipinski definition) is 0. The second-order valence-corrected chi connectivity index (χ2v) is 3.57. The molecule has 1 heterocycles. The third-order valence-electron chi connectivity index (χ3n) is 2.53. The summed E-state index contributed by atoms with van der Waals surface area (Å²) >= 11 is 0. The highest BCUT2D eigenvalue weighted by Crippen LogP contribution is 2.17. The molecule has 0 radical (unpaired) electrons. The second kappa shape index (κ2) is 4.74. The Morgan fingerprint density at radius 2 is 2.06 bits per heavy atom. The number of esters is 1. The summed E-state index contributed by atoms with van der Waals surface area (Å²) in [6.45, 7) is 0. The normalized spacial score (nSPS) is 12.1. The minimum atomic E-state index is -0.954. The highest BCUT2D eigenvalue weighted by molar-refractivity contribution is 5.94. The largest absolute Gasteiger partial charge is 0.468 e. The zero-order chi connectivity index (χ0) is 12.3. The number of carbonyl (C=O) groups excluding carboxylic acids is 2. The average Bonchev–Trinajstić information content (AvgIpc) is 2.39. The number of benzene rings is 1. The lowest BCUT2D eigenvalue weighted by molar-refractivity contribution is -0.143. The minimum Gasteiger partial charge on any atom is -0.468 e. The molecule has 2 aromatic rings. The van der Waals surface area contributed by atoms with Gasteiger partial charge in [-0.2, -0.15) is 0 Å². The number of fused-ring (bicyclic) bond motifs is 1. The van der Waals surface area contributed by atoms with Crippen LogP contribution < -0.4 is 0 Å². The summed E-state index contributed by atoms with van der Waals surface area (Å²) < 4.78 is 4.56. The van der Waals surface area contributed by atoms with Crippen LogP contribution in [-0.2, 0) is 14.3 Å². The summed E-state index contributed by atoms with van der Waals surface area (Å²) in [7, 11) is 1.25. The van der Waals surface area contributed by atoms with Crippen LogP contribution in [0.25, 0.3) is 10.9 Å². The van der Waals surface area contributed by atoms with Crippen LogP contribution in [0, 0.1) is 0 Å². The zero-order valence-electron chi connectivity index (χ0n) is 9.29. The molecular weight excluding hydrogens is 218 g/mol. The van der Waals surface area contributed by atoms with Gasteiger partial charge in [-0.1, -0.05) is 24.3 Å². The van der Waals surface area contributed by atoms with Crippen molar-refractivity contribution in [3.63, 3.8) is 0 Å². The van der Waals surface area contributed by atoms with E-state index in [-0.39, 0.29) is 0 Å². The summed E-state index contributed by atoms with van der Waals surface area (Å²) in [6, 6.07) is 11.0. The van der Waals surface area contributed by atoms with E-state index in [0.717, 1.165) is 10.9 Å². The van der Waals surface area contributed by atoms with Crippen LogP contribution >= 0.6 is 0 Å². The molecule has 4 nitrogen and oxygen atoms in total. The van der Waals surface area contributed by atoms with Gasteiger partial charge >= 0.3 is 5.97 Å². The van der Waals surface area contributed by atoms with E-state index in [1.54, 1.807) is 6.07 Å². The Kier molecular flexibility index (Phi) is 3.14. The topological polar surface area (TPSA) is 56.3 Å². The van der Waals surface area contributed by atoms with E-state index in [9.17, 15) is 9.59 Å². The van der Waals surface area contributed by atoms with Gasteiger partial charge in [-0.15, -0.1) is 0 Å². The Morgan fingerprint density at radius 1 is 1.29 bits per heavy atom. The van der Waals surface area contributed by atoms with E-state index < -0.39 is 11.9 Å². The van der Waals surface area contributed by atoms with Gasteiger partial charge < -0.3 is 9.53 Å². The molecule has 0 aliphatic heterocycles. The Morgan fingerprint density at radius 3 is 2.76 bits per heavy atom. The van der Waals surface area contributed by atoms with Crippen molar-refractivity contribution in [2.75, 3.05) is 7.11 Å². The maximum Gasteiger partial charge on any atom is 0.322 e. The van der Waals surface area contributed by atoms with Crippen molar-refractivity contribution in [2.45, 2.75) is 5.92 Å². The predicted molar refractivity (Wildman–Crippen MR) is 62.6 cm³/mol. The maximum atomic E-state index is 11.4. The first kappa shape index (κ1) is 11.3. The number of pyridine rings is 1. The van der Waals surface area contributed by atoms with Gasteiger partial charge in [0.2, 0.25) is 0 Å². The molecule has 0 fully saturated rings. The number of rotatable bonds is 3. The fraction of sp³-hybridized carbons (Fsp3) is 0.154. The van der Waals surface area contributed by atoms with Gasteiger partial charge in [0, 0.05) is 5.39 Å². The summed E-state index contributed by atoms with van der Waals surface area (Å²) in [5, 5.41) is 0.964. The molecule has 86 valence electrons. The highest BCUT2D eigenvalue weighted by atomic mass is 16.5. The Labute approximate surface area is 98.2 Å². The number of ether oxygens (including phenoxy) is 1. The van der Waals surface area contributed by atoms with E-state index in [1.807, 2.05) is 30.3 Å². The number of methoxy groups -OCH3 is 1. The van der Waals surface area contributed by atoms with E-state index in [4.69, 9.17) is 0 Å². The van der Waals surface area contributed by atoms with Crippen molar-refractivity contribution in [1.29, 1.82) is 0 Å². The van der Waals surface area contributed by atoms with E-state index in [2.05, 4.69) is 9.72 Å². The van der Waals surface area contributed by atoms with Crippen LogP contribution in [-0.4, -0.2) is 24.3 Å². The summed E-state index contributed by atoms with van der Waals surface area (Å²) in [4.78, 5) is 26.6. The van der Waals surface area contributed by atoms with E-state index in [0.29, 0.717) is 12.0 Å². The number of carbonyl (C=O) groups is 2. The van der Waals surface area contributed by atoms with E-state index >= 15 is 0 Å². The maximum absolute atomic E-state index is 11.4. The van der Waals surface area contributed by atoms with Crippen molar-refractivity contribution in [2.24, 2.45) is 0 Å². The third-order valence-corrected chi connectivity index (χ3v) is 2.53. The van der Waals surface area contributed by atoms with E-state index in [1.165, 1.54) is 7.11 Å². The van der Waals surface area contributed by atoms with Crippen molar-refractivity contribution < 1.29 is 14.3 Å². The second-order valence-electron chi connectivity index (χ2n) is 3.57. The smallest absolute Gasteiger partial charge is 0.322 e. The van der Waals surface area contributed by atoms with Gasteiger partial charge in [0.25, 0.3) is 0 Å². The lowest BCUT2D eigenvalue weighted by Gasteiger charge is -2.08. The first-order valence-corrected chi connectivity index (χ1v) is 5.15. The number of nitrogens with zero attached hydrogens (tertiary/aromatic N) is 1. The molecule has 0 saturated heterocycles. The highest BCUT2D eigenvalue weighted by Gasteiger charge is 2.22. The van der Waals surface area contributed by atoms with Crippen LogP contribution in [0.4, 0.5) is 0 Å². The molecule has 17 heavy (non-hydrogen) atoms. The summed E-state index contributed by atoms with van der Waals surface area (Å²) in [5.41, 5.74) is 1.16. The SMILES string of the molecule is COC(=O)C(C=O)c1ccc2ccccc2n1. The Bertz CT molecular complexity index is 565. The van der Waals surface area contributed by atoms with Gasteiger partial charge in [-0.25, -0.2) is 0 Å². The molecule has 0 aliphatic rings. The lowest BCUT2D eigenvalue weighted by atomic mass is 10.1. The van der Waals surface area contributed by atoms with Gasteiger partial charge in [0.1, 0.15) is 6.29 Å². The average molecular weight is 229 g/mol. The summed E-state index contributed by atoms with van der Waals surface area (Å²) in [5.74, 6) is -1.55. The van der Waals surface area contributed by atoms with Gasteiger partial charge in [0.15, 0.2) is 5.92 Å². The first-order chi connectivity index (χ1) is 8.26. The molecule has 0 N–H and O–H groups in total. The Hall–Kier alpha value is -2.23. The number of hydrogen-bond acceptors (Lipinski definition) is 4. The zero-order valence-corrected chi connectivity index (χ0v) is 9.29.